The molecule has 1 amide bonds. The van der Waals surface area contributed by atoms with E-state index in [4.69, 9.17) is 9.47 Å². The molecule has 28 heavy (non-hydrogen) atoms. The molecule has 1 atom stereocenters. The zero-order chi connectivity index (χ0) is 21.5. The van der Waals surface area contributed by atoms with Crippen LogP contribution in [0.1, 0.15) is 60.3 Å². The Morgan fingerprint density at radius 1 is 1.18 bits per heavy atom. The van der Waals surface area contributed by atoms with E-state index in [9.17, 15) is 19.5 Å². The molecule has 0 aromatic heterocycles. The summed E-state index contributed by atoms with van der Waals surface area (Å²) in [5.41, 5.74) is -1.39. The van der Waals surface area contributed by atoms with Crippen molar-refractivity contribution in [1.29, 1.82) is 0 Å². The van der Waals surface area contributed by atoms with E-state index in [1.807, 2.05) is 34.6 Å². The zero-order valence-electron chi connectivity index (χ0n) is 18.0. The lowest BCUT2D eigenvalue weighted by molar-refractivity contribution is -0.159. The Bertz CT molecular complexity index is 547. The van der Waals surface area contributed by atoms with Crippen molar-refractivity contribution >= 4 is 18.0 Å². The first kappa shape index (κ1) is 24.2. The second kappa shape index (κ2) is 10.1. The number of carbonyl (C=O) groups excluding carboxylic acids is 2. The molecule has 1 aliphatic rings. The molecule has 1 aliphatic heterocycles. The van der Waals surface area contributed by atoms with Crippen molar-refractivity contribution in [1.82, 2.24) is 10.2 Å². The van der Waals surface area contributed by atoms with Crippen LogP contribution in [0.25, 0.3) is 0 Å². The maximum Gasteiger partial charge on any atom is 0.409 e. The molecule has 1 heterocycles. The molecule has 8 nitrogen and oxygen atoms in total. The quantitative estimate of drug-likeness (QED) is 0.477. The summed E-state index contributed by atoms with van der Waals surface area (Å²) in [6.45, 7) is 10.7. The summed E-state index contributed by atoms with van der Waals surface area (Å²) in [6.07, 6.45) is 1.49. The van der Waals surface area contributed by atoms with Gasteiger partial charge in [-0.05, 0) is 58.9 Å². The molecule has 1 rings (SSSR count). The Kier molecular flexibility index (Phi) is 8.73. The number of nitrogens with zero attached hydrogens (tertiary/aromatic N) is 1. The van der Waals surface area contributed by atoms with E-state index in [0.717, 1.165) is 0 Å². The fourth-order valence-corrected chi connectivity index (χ4v) is 3.46. The number of likely N-dealkylation sites (tertiary alicyclic amines) is 1. The van der Waals surface area contributed by atoms with E-state index in [1.165, 1.54) is 12.0 Å². The molecule has 0 spiro atoms. The third-order valence-corrected chi connectivity index (χ3v) is 5.13. The predicted octanol–water partition coefficient (Wildman–Crippen LogP) is 2.66. The maximum atomic E-state index is 12.4. The van der Waals surface area contributed by atoms with E-state index in [2.05, 4.69) is 5.32 Å². The van der Waals surface area contributed by atoms with Crippen LogP contribution in [0.3, 0.4) is 0 Å². The van der Waals surface area contributed by atoms with Crippen molar-refractivity contribution < 1.29 is 29.0 Å². The fraction of sp³-hybridized carbons (Fsp3) is 0.850. The van der Waals surface area contributed by atoms with Crippen LogP contribution in [0.15, 0.2) is 0 Å². The zero-order valence-corrected chi connectivity index (χ0v) is 18.0. The number of piperidine rings is 1. The van der Waals surface area contributed by atoms with Gasteiger partial charge in [0.05, 0.1) is 12.5 Å². The summed E-state index contributed by atoms with van der Waals surface area (Å²) in [4.78, 5) is 37.4. The highest BCUT2D eigenvalue weighted by Gasteiger charge is 2.42. The molecule has 162 valence electrons. The standard InChI is InChI=1S/C20H36N2O6/c1-14(2)15(16(23)28-19(3,4)5)21-11-7-8-20(17(24)25)9-12-22(13-10-20)18(26)27-6/h14-15,21H,7-13H2,1-6H3,(H,24,25). The van der Waals surface area contributed by atoms with Crippen LogP contribution < -0.4 is 5.32 Å². The molecule has 0 radical (unpaired) electrons. The van der Waals surface area contributed by atoms with Gasteiger partial charge in [-0.2, -0.15) is 0 Å². The fourth-order valence-electron chi connectivity index (χ4n) is 3.46. The number of aliphatic carboxylic acids is 1. The average Bonchev–Trinajstić information content (AvgIpc) is 2.59. The highest BCUT2D eigenvalue weighted by molar-refractivity contribution is 5.76. The number of nitrogens with one attached hydrogen (secondary N) is 1. The molecule has 0 saturated carbocycles. The smallest absolute Gasteiger partial charge is 0.409 e. The van der Waals surface area contributed by atoms with Crippen LogP contribution >= 0.6 is 0 Å². The van der Waals surface area contributed by atoms with E-state index in [-0.39, 0.29) is 11.9 Å². The van der Waals surface area contributed by atoms with Gasteiger partial charge in [-0.3, -0.25) is 9.59 Å². The monoisotopic (exact) mass is 400 g/mol. The minimum atomic E-state index is -0.842. The summed E-state index contributed by atoms with van der Waals surface area (Å²) < 4.78 is 10.2. The van der Waals surface area contributed by atoms with Gasteiger partial charge in [0.2, 0.25) is 0 Å². The van der Waals surface area contributed by atoms with Gasteiger partial charge >= 0.3 is 18.0 Å². The number of carbonyl (C=O) groups is 3. The SMILES string of the molecule is COC(=O)N1CCC(CCCNC(C(=O)OC(C)(C)C)C(C)C)(C(=O)O)CC1. The Morgan fingerprint density at radius 2 is 1.75 bits per heavy atom. The summed E-state index contributed by atoms with van der Waals surface area (Å²) in [7, 11) is 1.32. The normalized spacial score (nSPS) is 17.9. The second-order valence-electron chi connectivity index (χ2n) is 8.86. The average molecular weight is 401 g/mol. The molecular formula is C20H36N2O6. The largest absolute Gasteiger partial charge is 0.481 e. The summed E-state index contributed by atoms with van der Waals surface area (Å²) in [6, 6.07) is -0.429. The van der Waals surface area contributed by atoms with Gasteiger partial charge in [0.1, 0.15) is 11.6 Å². The Morgan fingerprint density at radius 3 is 2.18 bits per heavy atom. The van der Waals surface area contributed by atoms with Crippen molar-refractivity contribution in [3.8, 4) is 0 Å². The number of amides is 1. The molecule has 1 unspecified atom stereocenters. The topological polar surface area (TPSA) is 105 Å². The van der Waals surface area contributed by atoms with E-state index < -0.39 is 29.1 Å². The summed E-state index contributed by atoms with van der Waals surface area (Å²) >= 11 is 0. The molecular weight excluding hydrogens is 364 g/mol. The minimum Gasteiger partial charge on any atom is -0.481 e. The molecule has 2 N–H and O–H groups in total. The maximum absolute atomic E-state index is 12.4. The second-order valence-corrected chi connectivity index (χ2v) is 8.86. The molecule has 0 bridgehead atoms. The van der Waals surface area contributed by atoms with Crippen LogP contribution in [0.2, 0.25) is 0 Å². The molecule has 0 aromatic rings. The number of methoxy groups -OCH3 is 1. The Labute approximate surface area is 167 Å². The van der Waals surface area contributed by atoms with Crippen LogP contribution in [0.5, 0.6) is 0 Å². The lowest BCUT2D eigenvalue weighted by Gasteiger charge is -2.38. The van der Waals surface area contributed by atoms with E-state index >= 15 is 0 Å². The van der Waals surface area contributed by atoms with Crippen LogP contribution in [-0.4, -0.2) is 66.4 Å². The molecule has 8 heteroatoms. The van der Waals surface area contributed by atoms with Crippen molar-refractivity contribution in [3.05, 3.63) is 0 Å². The number of carboxylic acid groups (broad SMARTS) is 1. The van der Waals surface area contributed by atoms with Gasteiger partial charge in [0, 0.05) is 13.1 Å². The lowest BCUT2D eigenvalue weighted by atomic mass is 9.75. The van der Waals surface area contributed by atoms with Crippen LogP contribution in [0.4, 0.5) is 4.79 Å². The number of ether oxygens (including phenoxy) is 2. The minimum absolute atomic E-state index is 0.0616. The van der Waals surface area contributed by atoms with E-state index in [1.54, 1.807) is 0 Å². The van der Waals surface area contributed by atoms with Gasteiger partial charge in [0.25, 0.3) is 0 Å². The first-order valence-electron chi connectivity index (χ1n) is 9.94. The van der Waals surface area contributed by atoms with Crippen molar-refractivity contribution in [3.63, 3.8) is 0 Å². The van der Waals surface area contributed by atoms with Crippen molar-refractivity contribution in [2.24, 2.45) is 11.3 Å². The predicted molar refractivity (Wildman–Crippen MR) is 105 cm³/mol. The van der Waals surface area contributed by atoms with Gasteiger partial charge in [0.15, 0.2) is 0 Å². The molecule has 0 aliphatic carbocycles. The molecule has 1 saturated heterocycles. The first-order chi connectivity index (χ1) is 12.9. The van der Waals surface area contributed by atoms with Gasteiger partial charge in [-0.15, -0.1) is 0 Å². The van der Waals surface area contributed by atoms with Crippen LogP contribution in [-0.2, 0) is 19.1 Å². The highest BCUT2D eigenvalue weighted by Crippen LogP contribution is 2.36. The van der Waals surface area contributed by atoms with Gasteiger partial charge in [-0.25, -0.2) is 4.79 Å². The van der Waals surface area contributed by atoms with Crippen molar-refractivity contribution in [2.75, 3.05) is 26.7 Å². The summed E-state index contributed by atoms with van der Waals surface area (Å²) in [5, 5.41) is 13.0. The van der Waals surface area contributed by atoms with Gasteiger partial charge in [-0.1, -0.05) is 13.8 Å². The van der Waals surface area contributed by atoms with Gasteiger partial charge < -0.3 is 24.8 Å². The molecule has 1 fully saturated rings. The van der Waals surface area contributed by atoms with Crippen LogP contribution in [0, 0.1) is 11.3 Å². The van der Waals surface area contributed by atoms with E-state index in [0.29, 0.717) is 45.3 Å². The number of hydrogen-bond acceptors (Lipinski definition) is 6. The molecule has 0 aromatic carbocycles. The highest BCUT2D eigenvalue weighted by atomic mass is 16.6. The lowest BCUT2D eigenvalue weighted by Crippen LogP contribution is -2.47. The van der Waals surface area contributed by atoms with Crippen molar-refractivity contribution in [2.45, 2.75) is 71.9 Å². The Balaban J connectivity index is 2.57. The third kappa shape index (κ3) is 6.96. The number of hydrogen-bond donors (Lipinski definition) is 2. The Hall–Kier alpha value is -1.83. The summed E-state index contributed by atoms with van der Waals surface area (Å²) in [5.74, 6) is -1.06. The first-order valence-corrected chi connectivity index (χ1v) is 9.94. The third-order valence-electron chi connectivity index (χ3n) is 5.13. The number of carboxylic acids is 1. The number of esters is 1. The number of rotatable bonds is 8.